The van der Waals surface area contributed by atoms with E-state index in [4.69, 9.17) is 16.3 Å². The van der Waals surface area contributed by atoms with Gasteiger partial charge >= 0.3 is 0 Å². The minimum absolute atomic E-state index is 0.206. The van der Waals surface area contributed by atoms with Gasteiger partial charge < -0.3 is 9.64 Å². The Balaban J connectivity index is 1.60. The molecule has 146 valence electrons. The molecule has 1 amide bonds. The fraction of sp³-hybridized carbons (Fsp3) is 0.389. The highest BCUT2D eigenvalue weighted by Gasteiger charge is 2.40. The van der Waals surface area contributed by atoms with E-state index in [-0.39, 0.29) is 10.1 Å². The first kappa shape index (κ1) is 20.1. The molecule has 0 radical (unpaired) electrons. The zero-order valence-electron chi connectivity index (χ0n) is 14.9. The van der Waals surface area contributed by atoms with E-state index in [1.807, 2.05) is 0 Å². The van der Waals surface area contributed by atoms with Crippen LogP contribution in [0.15, 0.2) is 46.0 Å². The summed E-state index contributed by atoms with van der Waals surface area (Å²) in [7, 11) is -1.97. The van der Waals surface area contributed by atoms with E-state index in [0.29, 0.717) is 43.3 Å². The Bertz CT molecular complexity index is 887. The summed E-state index contributed by atoms with van der Waals surface area (Å²) in [6.45, 7) is 1.02. The van der Waals surface area contributed by atoms with Crippen LogP contribution in [-0.2, 0) is 14.8 Å². The van der Waals surface area contributed by atoms with Crippen molar-refractivity contribution in [3.05, 3.63) is 46.8 Å². The summed E-state index contributed by atoms with van der Waals surface area (Å²) in [6, 6.07) is 9.65. The Labute approximate surface area is 168 Å². The fourth-order valence-corrected chi connectivity index (χ4v) is 5.97. The molecule has 0 N–H and O–H groups in total. The van der Waals surface area contributed by atoms with Gasteiger partial charge in [-0.2, -0.15) is 4.31 Å². The quantitative estimate of drug-likeness (QED) is 0.679. The minimum Gasteiger partial charge on any atom is -0.492 e. The summed E-state index contributed by atoms with van der Waals surface area (Å²) in [6.07, 6.45) is 1.21. The molecule has 0 aliphatic carbocycles. The lowest BCUT2D eigenvalue weighted by atomic mass is 10.2. The van der Waals surface area contributed by atoms with Gasteiger partial charge in [-0.05, 0) is 42.5 Å². The summed E-state index contributed by atoms with van der Waals surface area (Å²) >= 11 is 7.08. The lowest BCUT2D eigenvalue weighted by Crippen LogP contribution is -2.47. The Morgan fingerprint density at radius 2 is 2.19 bits per heavy atom. The van der Waals surface area contributed by atoms with Crippen LogP contribution in [0.1, 0.15) is 12.8 Å². The maximum absolute atomic E-state index is 12.8. The van der Waals surface area contributed by atoms with Crippen LogP contribution in [0.5, 0.6) is 5.75 Å². The molecule has 1 aromatic carbocycles. The number of sulfonamides is 1. The smallest absolute Gasteiger partial charge is 0.253 e. The van der Waals surface area contributed by atoms with Crippen molar-refractivity contribution in [2.24, 2.45) is 0 Å². The van der Waals surface area contributed by atoms with Crippen LogP contribution < -0.4 is 4.74 Å². The molecule has 0 bridgehead atoms. The first-order valence-corrected chi connectivity index (χ1v) is 11.3. The molecule has 1 atom stereocenters. The third-order valence-corrected chi connectivity index (χ3v) is 7.93. The third kappa shape index (κ3) is 4.63. The molecule has 0 spiro atoms. The Morgan fingerprint density at radius 1 is 1.37 bits per heavy atom. The number of nitrogens with zero attached hydrogens (tertiary/aromatic N) is 2. The molecular weight excluding hydrogens is 408 g/mol. The topological polar surface area (TPSA) is 66.9 Å². The van der Waals surface area contributed by atoms with E-state index < -0.39 is 16.1 Å². The second-order valence-corrected chi connectivity index (χ2v) is 9.77. The molecule has 1 unspecified atom stereocenters. The number of hydrogen-bond acceptors (Lipinski definition) is 5. The molecule has 2 aromatic rings. The Hall–Kier alpha value is -1.61. The molecule has 1 aromatic heterocycles. The molecule has 1 aliphatic heterocycles. The fourth-order valence-electron chi connectivity index (χ4n) is 3.02. The van der Waals surface area contributed by atoms with Gasteiger partial charge in [-0.25, -0.2) is 8.42 Å². The summed E-state index contributed by atoms with van der Waals surface area (Å²) < 4.78 is 32.8. The highest BCUT2D eigenvalue weighted by atomic mass is 35.5. The number of carbonyl (C=O) groups is 1. The van der Waals surface area contributed by atoms with Crippen molar-refractivity contribution in [1.29, 1.82) is 0 Å². The van der Waals surface area contributed by atoms with E-state index >= 15 is 0 Å². The molecule has 3 rings (SSSR count). The third-order valence-electron chi connectivity index (χ3n) is 4.41. The van der Waals surface area contributed by atoms with Crippen LogP contribution in [0, 0.1) is 0 Å². The van der Waals surface area contributed by atoms with Gasteiger partial charge in [0.2, 0.25) is 5.91 Å². The van der Waals surface area contributed by atoms with Crippen LogP contribution in [-0.4, -0.2) is 56.3 Å². The Kier molecular flexibility index (Phi) is 6.41. The number of benzene rings is 1. The molecule has 1 saturated heterocycles. The van der Waals surface area contributed by atoms with Crippen molar-refractivity contribution in [3.63, 3.8) is 0 Å². The van der Waals surface area contributed by atoms with Crippen LogP contribution in [0.25, 0.3) is 0 Å². The number of carbonyl (C=O) groups excluding carboxylic acids is 1. The van der Waals surface area contributed by atoms with Crippen molar-refractivity contribution in [3.8, 4) is 5.75 Å². The average molecular weight is 429 g/mol. The molecular formula is C18H21ClN2O4S2. The van der Waals surface area contributed by atoms with E-state index in [1.165, 1.54) is 20.5 Å². The number of thiophene rings is 1. The summed E-state index contributed by atoms with van der Waals surface area (Å²) in [5.41, 5.74) is 0. The highest BCUT2D eigenvalue weighted by molar-refractivity contribution is 7.91. The second-order valence-electron chi connectivity index (χ2n) is 6.27. The van der Waals surface area contributed by atoms with E-state index in [0.717, 1.165) is 0 Å². The van der Waals surface area contributed by atoms with Crippen LogP contribution in [0.2, 0.25) is 5.02 Å². The summed E-state index contributed by atoms with van der Waals surface area (Å²) in [5, 5.41) is 2.30. The van der Waals surface area contributed by atoms with Gasteiger partial charge in [-0.15, -0.1) is 11.3 Å². The summed E-state index contributed by atoms with van der Waals surface area (Å²) in [4.78, 5) is 14.3. The van der Waals surface area contributed by atoms with Crippen molar-refractivity contribution >= 4 is 38.9 Å². The summed E-state index contributed by atoms with van der Waals surface area (Å²) in [5.74, 6) is 0.424. The second kappa shape index (κ2) is 8.60. The average Bonchev–Trinajstić information content (AvgIpc) is 3.33. The zero-order chi connectivity index (χ0) is 19.4. The molecule has 27 heavy (non-hydrogen) atoms. The number of ether oxygens (including phenoxy) is 1. The van der Waals surface area contributed by atoms with Gasteiger partial charge in [0.25, 0.3) is 10.0 Å². The highest BCUT2D eigenvalue weighted by Crippen LogP contribution is 2.29. The molecule has 2 heterocycles. The number of likely N-dealkylation sites (N-methyl/N-ethyl adjacent to an activating group) is 1. The first-order valence-electron chi connectivity index (χ1n) is 8.58. The van der Waals surface area contributed by atoms with E-state index in [2.05, 4.69) is 0 Å². The SMILES string of the molecule is CN(CCOc1cccc(Cl)c1)C(=O)C1CCCN1S(=O)(=O)c1cccs1. The molecule has 1 aliphatic rings. The predicted molar refractivity (Wildman–Crippen MR) is 106 cm³/mol. The molecule has 0 saturated carbocycles. The largest absolute Gasteiger partial charge is 0.492 e. The zero-order valence-corrected chi connectivity index (χ0v) is 17.3. The molecule has 1 fully saturated rings. The maximum Gasteiger partial charge on any atom is 0.253 e. The monoisotopic (exact) mass is 428 g/mol. The van der Waals surface area contributed by atoms with Crippen molar-refractivity contribution < 1.29 is 17.9 Å². The predicted octanol–water partition coefficient (Wildman–Crippen LogP) is 3.09. The Morgan fingerprint density at radius 3 is 2.89 bits per heavy atom. The van der Waals surface area contributed by atoms with E-state index in [9.17, 15) is 13.2 Å². The number of rotatable bonds is 7. The lowest BCUT2D eigenvalue weighted by molar-refractivity contribution is -0.133. The number of amides is 1. The van der Waals surface area contributed by atoms with Crippen LogP contribution in [0.4, 0.5) is 0 Å². The minimum atomic E-state index is -3.63. The molecule has 9 heteroatoms. The lowest BCUT2D eigenvalue weighted by Gasteiger charge is -2.27. The van der Waals surface area contributed by atoms with Crippen molar-refractivity contribution in [1.82, 2.24) is 9.21 Å². The van der Waals surface area contributed by atoms with Gasteiger partial charge in [-0.3, -0.25) is 4.79 Å². The van der Waals surface area contributed by atoms with Crippen LogP contribution >= 0.6 is 22.9 Å². The number of halogens is 1. The van der Waals surface area contributed by atoms with E-state index in [1.54, 1.807) is 48.8 Å². The number of hydrogen-bond donors (Lipinski definition) is 0. The standard InChI is InChI=1S/C18H21ClN2O4S2/c1-20(10-11-25-15-6-2-5-14(19)13-15)18(22)16-7-3-9-21(16)27(23,24)17-8-4-12-26-17/h2,4-6,8,12-13,16H,3,7,9-11H2,1H3. The van der Waals surface area contributed by atoms with Crippen molar-refractivity contribution in [2.75, 3.05) is 26.7 Å². The maximum atomic E-state index is 12.8. The van der Waals surface area contributed by atoms with Gasteiger partial charge in [0.15, 0.2) is 0 Å². The normalized spacial score (nSPS) is 17.8. The van der Waals surface area contributed by atoms with Gasteiger partial charge in [0, 0.05) is 18.6 Å². The van der Waals surface area contributed by atoms with Crippen molar-refractivity contribution in [2.45, 2.75) is 23.1 Å². The van der Waals surface area contributed by atoms with Gasteiger partial charge in [0.1, 0.15) is 22.6 Å². The van der Waals surface area contributed by atoms with Gasteiger partial charge in [0.05, 0.1) is 6.54 Å². The molecule has 6 nitrogen and oxygen atoms in total. The van der Waals surface area contributed by atoms with Gasteiger partial charge in [-0.1, -0.05) is 23.7 Å². The first-order chi connectivity index (χ1) is 12.9. The van der Waals surface area contributed by atoms with Crippen LogP contribution in [0.3, 0.4) is 0 Å².